The smallest absolute Gasteiger partial charge is 0.131 e. The summed E-state index contributed by atoms with van der Waals surface area (Å²) in [4.78, 5) is 11.7. The number of benzene rings is 1. The van der Waals surface area contributed by atoms with E-state index in [-0.39, 0.29) is 0 Å². The zero-order chi connectivity index (χ0) is 19.3. The first-order valence-corrected chi connectivity index (χ1v) is 10.8. The van der Waals surface area contributed by atoms with Crippen LogP contribution in [0.4, 0.5) is 0 Å². The van der Waals surface area contributed by atoms with E-state index in [2.05, 4.69) is 71.0 Å². The lowest BCUT2D eigenvalue weighted by Gasteiger charge is -2.36. The summed E-state index contributed by atoms with van der Waals surface area (Å²) >= 11 is 0. The Morgan fingerprint density at radius 2 is 1.89 bits per heavy atom. The van der Waals surface area contributed by atoms with Crippen LogP contribution >= 0.6 is 0 Å². The SMILES string of the molecule is CC(C)c1nccc(CN2CCC(C3NNCC3Cc3ccccc3)CC2)n1. The van der Waals surface area contributed by atoms with Gasteiger partial charge < -0.3 is 0 Å². The zero-order valence-corrected chi connectivity index (χ0v) is 17.1. The number of hydrazine groups is 1. The van der Waals surface area contributed by atoms with Gasteiger partial charge in [0.05, 0.1) is 5.69 Å². The van der Waals surface area contributed by atoms with Crippen molar-refractivity contribution >= 4 is 0 Å². The van der Waals surface area contributed by atoms with Crippen LogP contribution in [-0.4, -0.2) is 40.5 Å². The molecule has 2 atom stereocenters. The van der Waals surface area contributed by atoms with Crippen molar-refractivity contribution < 1.29 is 0 Å². The van der Waals surface area contributed by atoms with Crippen molar-refractivity contribution in [3.8, 4) is 0 Å². The van der Waals surface area contributed by atoms with E-state index >= 15 is 0 Å². The van der Waals surface area contributed by atoms with Crippen molar-refractivity contribution in [3.05, 3.63) is 59.7 Å². The second kappa shape index (κ2) is 9.12. The lowest BCUT2D eigenvalue weighted by atomic mass is 9.81. The van der Waals surface area contributed by atoms with Gasteiger partial charge in [-0.1, -0.05) is 44.2 Å². The second-order valence-corrected chi connectivity index (χ2v) is 8.68. The molecule has 4 rings (SSSR count). The van der Waals surface area contributed by atoms with Crippen molar-refractivity contribution in [2.75, 3.05) is 19.6 Å². The predicted octanol–water partition coefficient (Wildman–Crippen LogP) is 3.15. The average molecular weight is 380 g/mol. The van der Waals surface area contributed by atoms with E-state index < -0.39 is 0 Å². The van der Waals surface area contributed by atoms with Crippen molar-refractivity contribution in [2.45, 2.75) is 51.6 Å². The number of piperidine rings is 1. The maximum atomic E-state index is 4.75. The van der Waals surface area contributed by atoms with Gasteiger partial charge in [-0.15, -0.1) is 0 Å². The van der Waals surface area contributed by atoms with Crippen LogP contribution in [0, 0.1) is 11.8 Å². The van der Waals surface area contributed by atoms with Gasteiger partial charge in [-0.05, 0) is 55.8 Å². The molecule has 5 nitrogen and oxygen atoms in total. The van der Waals surface area contributed by atoms with Gasteiger partial charge in [-0.25, -0.2) is 9.97 Å². The number of nitrogens with one attached hydrogen (secondary N) is 2. The van der Waals surface area contributed by atoms with Gasteiger partial charge in [0.25, 0.3) is 0 Å². The Morgan fingerprint density at radius 1 is 1.11 bits per heavy atom. The minimum Gasteiger partial charge on any atom is -0.297 e. The Morgan fingerprint density at radius 3 is 2.64 bits per heavy atom. The molecule has 2 saturated heterocycles. The molecule has 28 heavy (non-hydrogen) atoms. The van der Waals surface area contributed by atoms with Crippen LogP contribution in [0.25, 0.3) is 0 Å². The molecule has 0 bridgehead atoms. The Labute approximate surface area is 168 Å². The van der Waals surface area contributed by atoms with Crippen LogP contribution in [0.3, 0.4) is 0 Å². The highest BCUT2D eigenvalue weighted by atomic mass is 15.4. The number of nitrogens with zero attached hydrogens (tertiary/aromatic N) is 3. The van der Waals surface area contributed by atoms with Crippen molar-refractivity contribution in [1.82, 2.24) is 25.7 Å². The monoisotopic (exact) mass is 379 g/mol. The first kappa shape index (κ1) is 19.5. The van der Waals surface area contributed by atoms with Crippen LogP contribution < -0.4 is 10.9 Å². The summed E-state index contributed by atoms with van der Waals surface area (Å²) in [5, 5.41) is 0. The molecular weight excluding hydrogens is 346 g/mol. The number of hydrogen-bond acceptors (Lipinski definition) is 5. The summed E-state index contributed by atoms with van der Waals surface area (Å²) in [6, 6.07) is 13.6. The van der Waals surface area contributed by atoms with E-state index in [1.54, 1.807) is 0 Å². The Bertz CT molecular complexity index is 740. The molecule has 0 amide bonds. The van der Waals surface area contributed by atoms with Crippen molar-refractivity contribution in [2.24, 2.45) is 11.8 Å². The molecule has 3 heterocycles. The molecule has 1 aromatic carbocycles. The van der Waals surface area contributed by atoms with Crippen LogP contribution in [0.1, 0.15) is 49.7 Å². The van der Waals surface area contributed by atoms with E-state index in [0.717, 1.165) is 50.0 Å². The summed E-state index contributed by atoms with van der Waals surface area (Å²) in [5.41, 5.74) is 9.62. The fraction of sp³-hybridized carbons (Fsp3) is 0.565. The van der Waals surface area contributed by atoms with Crippen LogP contribution in [0.5, 0.6) is 0 Å². The fourth-order valence-electron chi connectivity index (χ4n) is 4.65. The van der Waals surface area contributed by atoms with Crippen molar-refractivity contribution in [3.63, 3.8) is 0 Å². The zero-order valence-electron chi connectivity index (χ0n) is 17.1. The molecule has 2 aliphatic heterocycles. The third kappa shape index (κ3) is 4.77. The molecule has 2 fully saturated rings. The third-order valence-corrected chi connectivity index (χ3v) is 6.26. The topological polar surface area (TPSA) is 53.1 Å². The second-order valence-electron chi connectivity index (χ2n) is 8.68. The van der Waals surface area contributed by atoms with E-state index in [9.17, 15) is 0 Å². The quantitative estimate of drug-likeness (QED) is 0.808. The van der Waals surface area contributed by atoms with Crippen LogP contribution in [0.15, 0.2) is 42.6 Å². The predicted molar refractivity (Wildman–Crippen MR) is 113 cm³/mol. The first-order valence-electron chi connectivity index (χ1n) is 10.8. The minimum atomic E-state index is 0.383. The van der Waals surface area contributed by atoms with Gasteiger partial charge in [-0.3, -0.25) is 15.8 Å². The Balaban J connectivity index is 1.30. The standard InChI is InChI=1S/C23H33N5/c1-17(2)23-24-11-8-21(26-23)16-28-12-9-19(10-13-28)22-20(15-25-27-22)14-18-6-4-3-5-7-18/h3-8,11,17,19-20,22,25,27H,9-10,12-16H2,1-2H3. The molecule has 0 aliphatic carbocycles. The summed E-state index contributed by atoms with van der Waals surface area (Å²) < 4.78 is 0. The maximum Gasteiger partial charge on any atom is 0.131 e. The van der Waals surface area contributed by atoms with Gasteiger partial charge >= 0.3 is 0 Å². The van der Waals surface area contributed by atoms with E-state index in [0.29, 0.717) is 17.9 Å². The van der Waals surface area contributed by atoms with E-state index in [1.165, 1.54) is 18.4 Å². The summed E-state index contributed by atoms with van der Waals surface area (Å²) in [5.74, 6) is 2.76. The lowest BCUT2D eigenvalue weighted by Crippen LogP contribution is -2.44. The number of likely N-dealkylation sites (tertiary alicyclic amines) is 1. The van der Waals surface area contributed by atoms with Crippen molar-refractivity contribution in [1.29, 1.82) is 0 Å². The normalized spacial score (nSPS) is 24.1. The molecule has 2 aliphatic rings. The number of rotatable bonds is 6. The van der Waals surface area contributed by atoms with Gasteiger partial charge in [0.1, 0.15) is 5.82 Å². The molecule has 1 aromatic heterocycles. The fourth-order valence-corrected chi connectivity index (χ4v) is 4.65. The highest BCUT2D eigenvalue weighted by molar-refractivity contribution is 5.16. The summed E-state index contributed by atoms with van der Waals surface area (Å²) in [7, 11) is 0. The molecule has 2 unspecified atom stereocenters. The average Bonchev–Trinajstić information content (AvgIpc) is 3.17. The van der Waals surface area contributed by atoms with Crippen LogP contribution in [-0.2, 0) is 13.0 Å². The summed E-state index contributed by atoms with van der Waals surface area (Å²) in [6.45, 7) is 8.62. The largest absolute Gasteiger partial charge is 0.297 e. The molecule has 150 valence electrons. The van der Waals surface area contributed by atoms with Gasteiger partial charge in [-0.2, -0.15) is 0 Å². The van der Waals surface area contributed by atoms with E-state index in [1.807, 2.05) is 6.20 Å². The maximum absolute atomic E-state index is 4.75. The molecule has 0 radical (unpaired) electrons. The first-order chi connectivity index (χ1) is 13.7. The molecule has 2 N–H and O–H groups in total. The highest BCUT2D eigenvalue weighted by Gasteiger charge is 2.35. The Hall–Kier alpha value is -1.82. The molecule has 0 saturated carbocycles. The molecular formula is C23H33N5. The molecule has 0 spiro atoms. The number of aromatic nitrogens is 2. The minimum absolute atomic E-state index is 0.383. The van der Waals surface area contributed by atoms with E-state index in [4.69, 9.17) is 4.98 Å². The number of hydrogen-bond donors (Lipinski definition) is 2. The summed E-state index contributed by atoms with van der Waals surface area (Å²) in [6.07, 6.45) is 5.58. The highest BCUT2D eigenvalue weighted by Crippen LogP contribution is 2.29. The van der Waals surface area contributed by atoms with Crippen LogP contribution in [0.2, 0.25) is 0 Å². The Kier molecular flexibility index (Phi) is 6.35. The molecule has 2 aromatic rings. The molecule has 5 heteroatoms. The van der Waals surface area contributed by atoms with Gasteiger partial charge in [0.15, 0.2) is 0 Å². The third-order valence-electron chi connectivity index (χ3n) is 6.26. The van der Waals surface area contributed by atoms with Gasteiger partial charge in [0, 0.05) is 31.2 Å². The van der Waals surface area contributed by atoms with Gasteiger partial charge in [0.2, 0.25) is 0 Å². The lowest BCUT2D eigenvalue weighted by molar-refractivity contribution is 0.143.